The average molecular weight is 342 g/mol. The first-order valence-electron chi connectivity index (χ1n) is 5.39. The molecule has 1 heterocycles. The number of para-hydroxylation sites is 1. The van der Waals surface area contributed by atoms with Gasteiger partial charge in [0, 0.05) is 0 Å². The number of rotatable bonds is 4. The number of aromatic nitrogens is 1. The van der Waals surface area contributed by atoms with Crippen molar-refractivity contribution >= 4 is 59.7 Å². The average Bonchev–Trinajstić information content (AvgIpc) is 2.66. The van der Waals surface area contributed by atoms with Gasteiger partial charge in [-0.1, -0.05) is 0 Å². The number of carbonyl (C=O) groups is 1. The molecule has 1 N–H and O–H groups in total. The van der Waals surface area contributed by atoms with Crippen LogP contribution in [0.2, 0.25) is 4.71 Å². The van der Waals surface area contributed by atoms with Gasteiger partial charge in [-0.2, -0.15) is 0 Å². The van der Waals surface area contributed by atoms with Crippen molar-refractivity contribution < 1.29 is 9.90 Å². The van der Waals surface area contributed by atoms with Crippen LogP contribution in [0.25, 0.3) is 10.2 Å². The standard InChI is InChI=1S/C12H13AsNO2S2/c1-12(2,17)9(10(15)16)13-11-14-7-5-3-4-6-8(7)18-11/h3-6,9,17H,1-2H3,(H,15,16). The molecule has 0 fully saturated rings. The molecule has 0 aliphatic carbocycles. The van der Waals surface area contributed by atoms with Crippen molar-refractivity contribution in [3.63, 3.8) is 0 Å². The topological polar surface area (TPSA) is 50.2 Å². The van der Waals surface area contributed by atoms with Crippen molar-refractivity contribution in [2.24, 2.45) is 0 Å². The number of aliphatic carboxylic acids is 1. The van der Waals surface area contributed by atoms with E-state index in [1.54, 1.807) is 11.3 Å². The Hall–Kier alpha value is -0.512. The first-order valence-corrected chi connectivity index (χ1v) is 8.68. The Morgan fingerprint density at radius 3 is 2.72 bits per heavy atom. The molecule has 0 amide bonds. The fourth-order valence-electron chi connectivity index (χ4n) is 1.54. The Morgan fingerprint density at radius 2 is 2.17 bits per heavy atom. The summed E-state index contributed by atoms with van der Waals surface area (Å²) in [5.74, 6) is -0.783. The summed E-state index contributed by atoms with van der Waals surface area (Å²) in [4.78, 5) is 15.8. The maximum atomic E-state index is 11.3. The normalized spacial score (nSPS) is 14.4. The van der Waals surface area contributed by atoms with Gasteiger partial charge in [0.25, 0.3) is 0 Å². The molecule has 95 valence electrons. The van der Waals surface area contributed by atoms with Crippen LogP contribution in [0.4, 0.5) is 0 Å². The zero-order valence-electron chi connectivity index (χ0n) is 9.99. The molecular formula is C12H13AsNO2S2. The Balaban J connectivity index is 2.29. The summed E-state index contributed by atoms with van der Waals surface area (Å²) >= 11 is 5.47. The summed E-state index contributed by atoms with van der Waals surface area (Å²) in [5, 5.41) is 9.30. The van der Waals surface area contributed by atoms with Crippen molar-refractivity contribution in [1.82, 2.24) is 4.98 Å². The number of fused-ring (bicyclic) bond motifs is 1. The second-order valence-electron chi connectivity index (χ2n) is 4.49. The number of thiol groups is 1. The first-order chi connectivity index (χ1) is 8.38. The van der Waals surface area contributed by atoms with E-state index in [0.717, 1.165) is 14.0 Å². The molecule has 6 heteroatoms. The molecular weight excluding hydrogens is 329 g/mol. The number of thiazole rings is 1. The Bertz CT molecular complexity index is 544. The monoisotopic (exact) mass is 342 g/mol. The Labute approximate surface area is 122 Å². The fraction of sp³-hybridized carbons (Fsp3) is 0.333. The summed E-state index contributed by atoms with van der Waals surface area (Å²) < 4.78 is 1.09. The molecule has 1 radical (unpaired) electrons. The second-order valence-corrected chi connectivity index (χ2v) is 9.84. The summed E-state index contributed by atoms with van der Waals surface area (Å²) in [6.07, 6.45) is 0. The van der Waals surface area contributed by atoms with Crippen LogP contribution >= 0.6 is 24.0 Å². The van der Waals surface area contributed by atoms with Gasteiger partial charge in [0.2, 0.25) is 0 Å². The van der Waals surface area contributed by atoms with Crippen LogP contribution in [0.3, 0.4) is 0 Å². The molecule has 1 aromatic heterocycles. The molecule has 0 bridgehead atoms. The zero-order chi connectivity index (χ0) is 13.3. The Morgan fingerprint density at radius 1 is 1.50 bits per heavy atom. The van der Waals surface area contributed by atoms with E-state index in [1.165, 1.54) is 0 Å². The molecule has 0 saturated heterocycles. The SMILES string of the molecule is CC(C)(S)C([As]c1nc2ccccc2s1)C(=O)O. The number of hydrogen-bond acceptors (Lipinski definition) is 4. The van der Waals surface area contributed by atoms with Crippen molar-refractivity contribution in [1.29, 1.82) is 0 Å². The summed E-state index contributed by atoms with van der Waals surface area (Å²) in [5.41, 5.74) is 0.953. The van der Waals surface area contributed by atoms with Crippen molar-refractivity contribution in [3.8, 4) is 0 Å². The molecule has 0 aliphatic heterocycles. The van der Waals surface area contributed by atoms with Crippen LogP contribution in [0.1, 0.15) is 13.8 Å². The maximum absolute atomic E-state index is 11.3. The van der Waals surface area contributed by atoms with E-state index >= 15 is 0 Å². The van der Waals surface area contributed by atoms with Gasteiger partial charge < -0.3 is 0 Å². The number of nitrogens with zero attached hydrogens (tertiary/aromatic N) is 1. The van der Waals surface area contributed by atoms with Gasteiger partial charge in [0.05, 0.1) is 0 Å². The first kappa shape index (κ1) is 13.9. The van der Waals surface area contributed by atoms with Crippen LogP contribution in [-0.2, 0) is 4.79 Å². The van der Waals surface area contributed by atoms with Crippen LogP contribution < -0.4 is 3.80 Å². The fourth-order valence-corrected chi connectivity index (χ4v) is 5.91. The molecule has 1 aromatic carbocycles. The van der Waals surface area contributed by atoms with Gasteiger partial charge in [0.15, 0.2) is 0 Å². The third kappa shape index (κ3) is 3.08. The third-order valence-corrected chi connectivity index (χ3v) is 8.12. The molecule has 0 aliphatic rings. The van der Waals surface area contributed by atoms with Gasteiger partial charge >= 0.3 is 122 Å². The minimum absolute atomic E-state index is 0.447. The molecule has 2 rings (SSSR count). The van der Waals surface area contributed by atoms with E-state index in [0.29, 0.717) is 0 Å². The summed E-state index contributed by atoms with van der Waals surface area (Å²) in [6.45, 7) is 3.69. The summed E-state index contributed by atoms with van der Waals surface area (Å²) in [6, 6.07) is 7.88. The molecule has 0 saturated carbocycles. The van der Waals surface area contributed by atoms with Crippen molar-refractivity contribution in [2.45, 2.75) is 23.3 Å². The zero-order valence-corrected chi connectivity index (χ0v) is 13.6. The number of carboxylic acid groups (broad SMARTS) is 1. The van der Waals surface area contributed by atoms with Gasteiger partial charge in [-0.3, -0.25) is 0 Å². The van der Waals surface area contributed by atoms with Crippen molar-refractivity contribution in [3.05, 3.63) is 24.3 Å². The van der Waals surface area contributed by atoms with E-state index in [1.807, 2.05) is 38.1 Å². The third-order valence-electron chi connectivity index (χ3n) is 2.43. The van der Waals surface area contributed by atoms with Crippen molar-refractivity contribution in [2.75, 3.05) is 0 Å². The molecule has 1 unspecified atom stereocenters. The van der Waals surface area contributed by atoms with E-state index < -0.39 is 31.2 Å². The van der Waals surface area contributed by atoms with Crippen LogP contribution in [0.15, 0.2) is 24.3 Å². The van der Waals surface area contributed by atoms with Gasteiger partial charge in [0.1, 0.15) is 0 Å². The second kappa shape index (κ2) is 5.23. The number of hydrogen-bond donors (Lipinski definition) is 2. The van der Waals surface area contributed by atoms with Gasteiger partial charge in [-0.05, 0) is 0 Å². The molecule has 1 atom stereocenters. The van der Waals surface area contributed by atoms with Crippen LogP contribution in [0.5, 0.6) is 0 Å². The van der Waals surface area contributed by atoms with E-state index in [9.17, 15) is 9.90 Å². The predicted octanol–water partition coefficient (Wildman–Crippen LogP) is 2.21. The molecule has 2 aromatic rings. The van der Waals surface area contributed by atoms with E-state index in [2.05, 4.69) is 17.6 Å². The van der Waals surface area contributed by atoms with Crippen LogP contribution in [0, 0.1) is 0 Å². The van der Waals surface area contributed by atoms with Gasteiger partial charge in [-0.25, -0.2) is 0 Å². The van der Waals surface area contributed by atoms with E-state index in [4.69, 9.17) is 0 Å². The molecule has 3 nitrogen and oxygen atoms in total. The number of carboxylic acids is 1. The molecule has 18 heavy (non-hydrogen) atoms. The quantitative estimate of drug-likeness (QED) is 0.662. The summed E-state index contributed by atoms with van der Waals surface area (Å²) in [7, 11) is 0. The number of benzene rings is 1. The van der Waals surface area contributed by atoms with E-state index in [-0.39, 0.29) is 0 Å². The Kier molecular flexibility index (Phi) is 4.05. The minimum atomic E-state index is -0.783. The molecule has 0 spiro atoms. The predicted molar refractivity (Wildman–Crippen MR) is 79.5 cm³/mol. The van der Waals surface area contributed by atoms with Crippen LogP contribution in [-0.4, -0.2) is 36.6 Å². The van der Waals surface area contributed by atoms with Gasteiger partial charge in [-0.15, -0.1) is 0 Å².